The van der Waals surface area contributed by atoms with E-state index in [-0.39, 0.29) is 45.6 Å². The summed E-state index contributed by atoms with van der Waals surface area (Å²) in [5.74, 6) is 0. The Bertz CT molecular complexity index is 32.4. The minimum absolute atomic E-state index is 0. The Labute approximate surface area is 83.5 Å². The SMILES string of the molecule is C1CCNCC1.[B+3].[Cl-].[Cl-].[Cl-]. The molecule has 0 amide bonds. The Morgan fingerprint density at radius 3 is 1.20 bits per heavy atom. The summed E-state index contributed by atoms with van der Waals surface area (Å²) in [5, 5.41) is 3.28. The van der Waals surface area contributed by atoms with Gasteiger partial charge < -0.3 is 42.5 Å². The van der Waals surface area contributed by atoms with Crippen molar-refractivity contribution in [2.24, 2.45) is 0 Å². The number of hydrogen-bond acceptors (Lipinski definition) is 1. The quantitative estimate of drug-likeness (QED) is 0.385. The van der Waals surface area contributed by atoms with Crippen LogP contribution in [-0.4, -0.2) is 21.5 Å². The Hall–Kier alpha value is 0.895. The van der Waals surface area contributed by atoms with E-state index in [9.17, 15) is 0 Å². The van der Waals surface area contributed by atoms with Crippen LogP contribution < -0.4 is 42.5 Å². The van der Waals surface area contributed by atoms with E-state index in [0.717, 1.165) is 0 Å². The molecule has 1 aliphatic rings. The van der Waals surface area contributed by atoms with Crippen molar-refractivity contribution in [2.75, 3.05) is 13.1 Å². The fourth-order valence-corrected chi connectivity index (χ4v) is 0.802. The minimum atomic E-state index is 0. The van der Waals surface area contributed by atoms with Gasteiger partial charge in [0.05, 0.1) is 0 Å². The summed E-state index contributed by atoms with van der Waals surface area (Å²) in [4.78, 5) is 0. The van der Waals surface area contributed by atoms with E-state index in [2.05, 4.69) is 5.32 Å². The molecule has 0 spiro atoms. The predicted octanol–water partition coefficient (Wildman–Crippen LogP) is -8.61. The van der Waals surface area contributed by atoms with Crippen LogP contribution in [0.3, 0.4) is 0 Å². The Morgan fingerprint density at radius 1 is 0.700 bits per heavy atom. The summed E-state index contributed by atoms with van der Waals surface area (Å²) in [7, 11) is 0. The molecule has 0 aromatic heterocycles. The van der Waals surface area contributed by atoms with Gasteiger partial charge in [0.2, 0.25) is 0 Å². The average Bonchev–Trinajstić information content (AvgIpc) is 1.72. The van der Waals surface area contributed by atoms with Gasteiger partial charge in [0.25, 0.3) is 0 Å². The number of piperidine rings is 1. The number of halogens is 3. The normalized spacial score (nSPS) is 14.4. The van der Waals surface area contributed by atoms with Crippen molar-refractivity contribution in [3.63, 3.8) is 0 Å². The molecule has 60 valence electrons. The third-order valence-electron chi connectivity index (χ3n) is 1.21. The second-order valence-electron chi connectivity index (χ2n) is 1.81. The summed E-state index contributed by atoms with van der Waals surface area (Å²) >= 11 is 0. The van der Waals surface area contributed by atoms with Crippen LogP contribution in [0.4, 0.5) is 0 Å². The first-order valence-electron chi connectivity index (χ1n) is 2.71. The second-order valence-corrected chi connectivity index (χ2v) is 1.81. The molecule has 0 radical (unpaired) electrons. The van der Waals surface area contributed by atoms with Crippen LogP contribution in [0.2, 0.25) is 0 Å². The van der Waals surface area contributed by atoms with Gasteiger partial charge in [-0.2, -0.15) is 0 Å². The van der Waals surface area contributed by atoms with Crippen LogP contribution in [-0.2, 0) is 0 Å². The van der Waals surface area contributed by atoms with Gasteiger partial charge in [0.15, 0.2) is 0 Å². The van der Waals surface area contributed by atoms with Gasteiger partial charge in [0.1, 0.15) is 0 Å². The molecular formula is C5H11BCl3N. The summed E-state index contributed by atoms with van der Waals surface area (Å²) in [6.07, 6.45) is 4.22. The molecule has 5 heteroatoms. The van der Waals surface area contributed by atoms with Crippen LogP contribution in [0.15, 0.2) is 0 Å². The van der Waals surface area contributed by atoms with E-state index in [0.29, 0.717) is 0 Å². The van der Waals surface area contributed by atoms with Crippen molar-refractivity contribution in [1.29, 1.82) is 0 Å². The van der Waals surface area contributed by atoms with Crippen LogP contribution in [0.5, 0.6) is 0 Å². The van der Waals surface area contributed by atoms with Crippen molar-refractivity contribution >= 4 is 8.41 Å². The second kappa shape index (κ2) is 16.5. The topological polar surface area (TPSA) is 12.0 Å². The van der Waals surface area contributed by atoms with E-state index in [4.69, 9.17) is 0 Å². The molecule has 0 atom stereocenters. The van der Waals surface area contributed by atoms with Crippen molar-refractivity contribution in [3.8, 4) is 0 Å². The van der Waals surface area contributed by atoms with E-state index >= 15 is 0 Å². The summed E-state index contributed by atoms with van der Waals surface area (Å²) in [6.45, 7) is 2.50. The number of hydrogen-bond donors (Lipinski definition) is 1. The summed E-state index contributed by atoms with van der Waals surface area (Å²) in [5.41, 5.74) is 0. The monoisotopic (exact) mass is 201 g/mol. The van der Waals surface area contributed by atoms with Gasteiger partial charge in [-0.3, -0.25) is 0 Å². The Morgan fingerprint density at radius 2 is 1.10 bits per heavy atom. The standard InChI is InChI=1S/C5H11N.B.3ClH/c1-2-4-6-5-3-1;;;;/h6H,1-5H2;;3*1H/q;+3;;;/p-3. The number of nitrogens with one attached hydrogen (secondary N) is 1. The Kier molecular flexibility index (Phi) is 37.0. The molecule has 1 rings (SSSR count). The zero-order valence-electron chi connectivity index (χ0n) is 5.75. The molecule has 0 saturated carbocycles. The fraction of sp³-hybridized carbons (Fsp3) is 1.00. The van der Waals surface area contributed by atoms with Gasteiger partial charge >= 0.3 is 8.41 Å². The molecule has 0 aromatic carbocycles. The van der Waals surface area contributed by atoms with Crippen molar-refractivity contribution in [3.05, 3.63) is 0 Å². The maximum atomic E-state index is 3.28. The molecule has 0 bridgehead atoms. The van der Waals surface area contributed by atoms with E-state index in [1.54, 1.807) is 0 Å². The van der Waals surface area contributed by atoms with Crippen LogP contribution in [0, 0.1) is 0 Å². The van der Waals surface area contributed by atoms with Gasteiger partial charge in [0, 0.05) is 0 Å². The maximum Gasteiger partial charge on any atom is 3.00 e. The van der Waals surface area contributed by atoms with Crippen LogP contribution >= 0.6 is 0 Å². The van der Waals surface area contributed by atoms with Crippen LogP contribution in [0.1, 0.15) is 19.3 Å². The first-order chi connectivity index (χ1) is 3.00. The molecule has 0 unspecified atom stereocenters. The zero-order valence-corrected chi connectivity index (χ0v) is 8.01. The molecule has 0 aromatic rings. The molecular weight excluding hydrogens is 191 g/mol. The summed E-state index contributed by atoms with van der Waals surface area (Å²) < 4.78 is 0. The third kappa shape index (κ3) is 11.7. The number of rotatable bonds is 0. The first kappa shape index (κ1) is 22.4. The van der Waals surface area contributed by atoms with Gasteiger partial charge in [-0.05, 0) is 25.9 Å². The molecule has 0 aliphatic carbocycles. The predicted molar refractivity (Wildman–Crippen MR) is 32.5 cm³/mol. The molecule has 1 saturated heterocycles. The molecule has 1 nitrogen and oxygen atoms in total. The molecule has 1 heterocycles. The largest absolute Gasteiger partial charge is 3.00 e. The van der Waals surface area contributed by atoms with E-state index in [1.807, 2.05) is 0 Å². The average molecular weight is 202 g/mol. The maximum absolute atomic E-state index is 3.28. The Balaban J connectivity index is -0.0000000450. The van der Waals surface area contributed by atoms with Gasteiger partial charge in [-0.1, -0.05) is 6.42 Å². The van der Waals surface area contributed by atoms with Crippen LogP contribution in [0.25, 0.3) is 0 Å². The van der Waals surface area contributed by atoms with Gasteiger partial charge in [-0.15, -0.1) is 0 Å². The fourth-order valence-electron chi connectivity index (χ4n) is 0.802. The van der Waals surface area contributed by atoms with E-state index < -0.39 is 0 Å². The van der Waals surface area contributed by atoms with Gasteiger partial charge in [-0.25, -0.2) is 0 Å². The smallest absolute Gasteiger partial charge is 1.00 e. The minimum Gasteiger partial charge on any atom is -1.00 e. The zero-order chi connectivity index (χ0) is 4.24. The molecule has 10 heavy (non-hydrogen) atoms. The summed E-state index contributed by atoms with van der Waals surface area (Å²) in [6, 6.07) is 0. The molecule has 1 N–H and O–H groups in total. The molecule has 1 fully saturated rings. The van der Waals surface area contributed by atoms with Crippen molar-refractivity contribution in [1.82, 2.24) is 5.32 Å². The van der Waals surface area contributed by atoms with Crippen molar-refractivity contribution in [2.45, 2.75) is 19.3 Å². The van der Waals surface area contributed by atoms with E-state index in [1.165, 1.54) is 32.4 Å². The van der Waals surface area contributed by atoms with Crippen molar-refractivity contribution < 1.29 is 37.2 Å². The first-order valence-corrected chi connectivity index (χ1v) is 2.71. The third-order valence-corrected chi connectivity index (χ3v) is 1.21. The molecule has 1 aliphatic heterocycles.